The van der Waals surface area contributed by atoms with Crippen molar-refractivity contribution < 1.29 is 13.9 Å². The van der Waals surface area contributed by atoms with Gasteiger partial charge in [0.15, 0.2) is 5.76 Å². The molecule has 0 spiro atoms. The quantitative estimate of drug-likeness (QED) is 0.807. The van der Waals surface area contributed by atoms with E-state index < -0.39 is 5.97 Å². The van der Waals surface area contributed by atoms with Crippen molar-refractivity contribution in [1.82, 2.24) is 0 Å². The van der Waals surface area contributed by atoms with Crippen molar-refractivity contribution in [3.8, 4) is 17.4 Å². The maximum Gasteiger partial charge on any atom is 0.313 e. The van der Waals surface area contributed by atoms with E-state index >= 15 is 0 Å². The highest BCUT2D eigenvalue weighted by Crippen LogP contribution is 2.28. The molecule has 0 unspecified atom stereocenters. The Morgan fingerprint density at radius 1 is 1.42 bits per heavy atom. The predicted octanol–water partition coefficient (Wildman–Crippen LogP) is 3.19. The summed E-state index contributed by atoms with van der Waals surface area (Å²) >= 11 is 5.81. The van der Waals surface area contributed by atoms with Crippen molar-refractivity contribution in [2.45, 2.75) is 6.42 Å². The van der Waals surface area contributed by atoms with Crippen LogP contribution in [0.2, 0.25) is 5.02 Å². The van der Waals surface area contributed by atoms with Gasteiger partial charge in [0, 0.05) is 10.6 Å². The summed E-state index contributed by atoms with van der Waals surface area (Å²) in [5.74, 6) is 0.410. The van der Waals surface area contributed by atoms with E-state index in [2.05, 4.69) is 4.74 Å². The van der Waals surface area contributed by atoms with Gasteiger partial charge in [-0.2, -0.15) is 5.26 Å². The molecule has 5 heteroatoms. The molecule has 0 N–H and O–H groups in total. The SMILES string of the molecule is COC(=O)Cc1cc(C#N)c(-c2ccc(Cl)cc2)o1. The van der Waals surface area contributed by atoms with Crippen LogP contribution < -0.4 is 0 Å². The molecule has 0 bridgehead atoms. The fourth-order valence-electron chi connectivity index (χ4n) is 1.64. The molecule has 0 aliphatic rings. The number of carbonyl (C=O) groups is 1. The molecule has 2 aromatic rings. The summed E-state index contributed by atoms with van der Waals surface area (Å²) in [5, 5.41) is 9.69. The van der Waals surface area contributed by atoms with Crippen LogP contribution in [0.4, 0.5) is 0 Å². The fraction of sp³-hybridized carbons (Fsp3) is 0.143. The molecule has 4 nitrogen and oxygen atoms in total. The van der Waals surface area contributed by atoms with E-state index in [1.54, 1.807) is 30.3 Å². The first kappa shape index (κ1) is 13.2. The molecule has 1 aromatic carbocycles. The number of hydrogen-bond acceptors (Lipinski definition) is 4. The summed E-state index contributed by atoms with van der Waals surface area (Å²) in [5.41, 5.74) is 1.11. The molecule has 0 saturated carbocycles. The van der Waals surface area contributed by atoms with Crippen molar-refractivity contribution >= 4 is 17.6 Å². The number of esters is 1. The van der Waals surface area contributed by atoms with Gasteiger partial charge >= 0.3 is 5.97 Å². The second kappa shape index (κ2) is 5.59. The minimum absolute atomic E-state index is 0.00122. The van der Waals surface area contributed by atoms with Gasteiger partial charge in [-0.05, 0) is 30.3 Å². The summed E-state index contributed by atoms with van der Waals surface area (Å²) in [6, 6.07) is 10.5. The summed E-state index contributed by atoms with van der Waals surface area (Å²) < 4.78 is 10.1. The van der Waals surface area contributed by atoms with Crippen LogP contribution in [0.3, 0.4) is 0 Å². The van der Waals surface area contributed by atoms with Crippen LogP contribution in [0.15, 0.2) is 34.7 Å². The Morgan fingerprint density at radius 3 is 2.68 bits per heavy atom. The normalized spacial score (nSPS) is 9.95. The molecule has 96 valence electrons. The van der Waals surface area contributed by atoms with Gasteiger partial charge in [0.05, 0.1) is 12.7 Å². The van der Waals surface area contributed by atoms with E-state index in [1.165, 1.54) is 7.11 Å². The first-order valence-electron chi connectivity index (χ1n) is 5.49. The van der Waals surface area contributed by atoms with Gasteiger partial charge in [0.1, 0.15) is 18.3 Å². The lowest BCUT2D eigenvalue weighted by molar-refractivity contribution is -0.140. The van der Waals surface area contributed by atoms with Gasteiger partial charge in [-0.3, -0.25) is 4.79 Å². The topological polar surface area (TPSA) is 63.2 Å². The first-order chi connectivity index (χ1) is 9.13. The Kier molecular flexibility index (Phi) is 3.88. The molecule has 0 amide bonds. The number of nitrogens with zero attached hydrogens (tertiary/aromatic N) is 1. The van der Waals surface area contributed by atoms with Crippen LogP contribution in [0.1, 0.15) is 11.3 Å². The van der Waals surface area contributed by atoms with E-state index in [1.807, 2.05) is 6.07 Å². The summed E-state index contributed by atoms with van der Waals surface area (Å²) in [7, 11) is 1.30. The molecule has 0 aliphatic carbocycles. The minimum Gasteiger partial charge on any atom is -0.469 e. The minimum atomic E-state index is -0.416. The van der Waals surface area contributed by atoms with Gasteiger partial charge in [0.25, 0.3) is 0 Å². The van der Waals surface area contributed by atoms with Crippen molar-refractivity contribution in [2.24, 2.45) is 0 Å². The highest BCUT2D eigenvalue weighted by molar-refractivity contribution is 6.30. The third kappa shape index (κ3) is 2.95. The maximum atomic E-state index is 11.2. The van der Waals surface area contributed by atoms with E-state index in [-0.39, 0.29) is 6.42 Å². The highest BCUT2D eigenvalue weighted by Gasteiger charge is 2.15. The molecular weight excluding hydrogens is 266 g/mol. The van der Waals surface area contributed by atoms with Gasteiger partial charge in [-0.25, -0.2) is 0 Å². The molecule has 0 radical (unpaired) electrons. The van der Waals surface area contributed by atoms with Crippen LogP contribution in [0.25, 0.3) is 11.3 Å². The van der Waals surface area contributed by atoms with E-state index in [9.17, 15) is 4.79 Å². The highest BCUT2D eigenvalue weighted by atomic mass is 35.5. The number of nitriles is 1. The Morgan fingerprint density at radius 2 is 2.11 bits per heavy atom. The zero-order valence-corrected chi connectivity index (χ0v) is 10.9. The number of hydrogen-bond donors (Lipinski definition) is 0. The Hall–Kier alpha value is -2.25. The lowest BCUT2D eigenvalue weighted by Gasteiger charge is -1.98. The molecule has 1 aromatic heterocycles. The number of furan rings is 1. The average molecular weight is 276 g/mol. The van der Waals surface area contributed by atoms with Crippen LogP contribution in [-0.2, 0) is 16.0 Å². The third-order valence-corrected chi connectivity index (χ3v) is 2.81. The van der Waals surface area contributed by atoms with Crippen molar-refractivity contribution in [2.75, 3.05) is 7.11 Å². The number of carbonyl (C=O) groups excluding carboxylic acids is 1. The van der Waals surface area contributed by atoms with Crippen molar-refractivity contribution in [3.63, 3.8) is 0 Å². The van der Waals surface area contributed by atoms with E-state index in [4.69, 9.17) is 21.3 Å². The standard InChI is InChI=1S/C14H10ClNO3/c1-18-13(17)7-12-6-10(8-16)14(19-12)9-2-4-11(15)5-3-9/h2-6H,7H2,1H3. The zero-order valence-electron chi connectivity index (χ0n) is 10.1. The second-order valence-electron chi connectivity index (χ2n) is 3.83. The number of rotatable bonds is 3. The molecule has 0 atom stereocenters. The van der Waals surface area contributed by atoms with Gasteiger partial charge in [0.2, 0.25) is 0 Å². The molecule has 2 rings (SSSR count). The summed E-state index contributed by atoms with van der Waals surface area (Å²) in [6.07, 6.45) is -0.00122. The van der Waals surface area contributed by atoms with Crippen LogP contribution >= 0.6 is 11.6 Å². The monoisotopic (exact) mass is 275 g/mol. The van der Waals surface area contributed by atoms with Crippen LogP contribution in [0.5, 0.6) is 0 Å². The molecule has 0 fully saturated rings. The number of ether oxygens (including phenoxy) is 1. The number of benzene rings is 1. The smallest absolute Gasteiger partial charge is 0.313 e. The first-order valence-corrected chi connectivity index (χ1v) is 5.87. The Bertz CT molecular complexity index is 638. The van der Waals surface area contributed by atoms with Crippen molar-refractivity contribution in [1.29, 1.82) is 5.26 Å². The largest absolute Gasteiger partial charge is 0.469 e. The molecule has 0 saturated heterocycles. The maximum absolute atomic E-state index is 11.2. The zero-order chi connectivity index (χ0) is 13.8. The van der Waals surface area contributed by atoms with Crippen LogP contribution in [-0.4, -0.2) is 13.1 Å². The Balaban J connectivity index is 2.37. The predicted molar refractivity (Wildman–Crippen MR) is 69.6 cm³/mol. The second-order valence-corrected chi connectivity index (χ2v) is 4.26. The Labute approximate surface area is 115 Å². The van der Waals surface area contributed by atoms with Gasteiger partial charge in [-0.1, -0.05) is 11.6 Å². The van der Waals surface area contributed by atoms with Gasteiger partial charge in [-0.15, -0.1) is 0 Å². The van der Waals surface area contributed by atoms with Crippen molar-refractivity contribution in [3.05, 3.63) is 46.7 Å². The lowest BCUT2D eigenvalue weighted by atomic mass is 10.1. The van der Waals surface area contributed by atoms with Gasteiger partial charge < -0.3 is 9.15 Å². The fourth-order valence-corrected chi connectivity index (χ4v) is 1.77. The van der Waals surface area contributed by atoms with E-state index in [0.29, 0.717) is 22.1 Å². The molecule has 1 heterocycles. The summed E-state index contributed by atoms with van der Waals surface area (Å²) in [4.78, 5) is 11.2. The van der Waals surface area contributed by atoms with E-state index in [0.717, 1.165) is 5.56 Å². The molecular formula is C14H10ClNO3. The summed E-state index contributed by atoms with van der Waals surface area (Å²) in [6.45, 7) is 0. The number of halogens is 1. The number of methoxy groups -OCH3 is 1. The third-order valence-electron chi connectivity index (χ3n) is 2.56. The molecule has 19 heavy (non-hydrogen) atoms. The molecule has 0 aliphatic heterocycles. The lowest BCUT2D eigenvalue weighted by Crippen LogP contribution is -2.03. The van der Waals surface area contributed by atoms with Crippen LogP contribution in [0, 0.1) is 11.3 Å². The average Bonchev–Trinajstić information content (AvgIpc) is 2.82.